The van der Waals surface area contributed by atoms with E-state index in [2.05, 4.69) is 15.8 Å². The van der Waals surface area contributed by atoms with Gasteiger partial charge in [0.05, 0.1) is 16.5 Å². The molecule has 0 aliphatic rings. The average molecular weight is 370 g/mol. The Morgan fingerprint density at radius 3 is 2.59 bits per heavy atom. The van der Waals surface area contributed by atoms with Crippen molar-refractivity contribution in [2.45, 2.75) is 26.8 Å². The van der Waals surface area contributed by atoms with Gasteiger partial charge in [-0.2, -0.15) is 0 Å². The van der Waals surface area contributed by atoms with E-state index >= 15 is 0 Å². The Morgan fingerprint density at radius 1 is 1.15 bits per heavy atom. The van der Waals surface area contributed by atoms with E-state index in [0.29, 0.717) is 28.0 Å². The Hall–Kier alpha value is -3.62. The first kappa shape index (κ1) is 18.2. The zero-order chi connectivity index (χ0) is 19.6. The smallest absolute Gasteiger partial charge is 0.328 e. The Labute approximate surface area is 153 Å². The molecule has 140 valence electrons. The fraction of sp³-hybridized carbons (Fsp3) is 0.222. The zero-order valence-electron chi connectivity index (χ0n) is 14.8. The van der Waals surface area contributed by atoms with Crippen molar-refractivity contribution in [2.75, 3.05) is 0 Å². The highest BCUT2D eigenvalue weighted by molar-refractivity contribution is 5.96. The summed E-state index contributed by atoms with van der Waals surface area (Å²) in [6, 6.07) is 8.19. The van der Waals surface area contributed by atoms with E-state index < -0.39 is 23.1 Å². The number of nitrogens with one attached hydrogen (secondary N) is 3. The van der Waals surface area contributed by atoms with E-state index in [-0.39, 0.29) is 13.0 Å². The minimum absolute atomic E-state index is 0.0433. The number of benzene rings is 1. The minimum Gasteiger partial charge on any atom is -0.466 e. The largest absolute Gasteiger partial charge is 0.466 e. The maximum Gasteiger partial charge on any atom is 0.328 e. The number of aromatic nitrogens is 2. The molecule has 0 aliphatic carbocycles. The zero-order valence-corrected chi connectivity index (χ0v) is 14.8. The molecule has 1 aromatic carbocycles. The van der Waals surface area contributed by atoms with Gasteiger partial charge in [0.2, 0.25) is 5.91 Å². The van der Waals surface area contributed by atoms with Gasteiger partial charge in [0.15, 0.2) is 0 Å². The normalized spacial score (nSPS) is 10.7. The van der Waals surface area contributed by atoms with Crippen LogP contribution < -0.4 is 22.1 Å². The molecule has 9 heteroatoms. The van der Waals surface area contributed by atoms with E-state index in [0.717, 1.165) is 0 Å². The summed E-state index contributed by atoms with van der Waals surface area (Å²) in [5, 5.41) is 0.358. The lowest BCUT2D eigenvalue weighted by Gasteiger charge is -2.10. The topological polar surface area (TPSA) is 126 Å². The van der Waals surface area contributed by atoms with Crippen LogP contribution in [0.2, 0.25) is 0 Å². The minimum atomic E-state index is -0.597. The van der Waals surface area contributed by atoms with Gasteiger partial charge < -0.3 is 4.42 Å². The van der Waals surface area contributed by atoms with Crippen LogP contribution in [0.4, 0.5) is 0 Å². The van der Waals surface area contributed by atoms with Crippen molar-refractivity contribution in [3.05, 3.63) is 68.3 Å². The summed E-state index contributed by atoms with van der Waals surface area (Å²) in [7, 11) is 0. The predicted molar refractivity (Wildman–Crippen MR) is 97.2 cm³/mol. The summed E-state index contributed by atoms with van der Waals surface area (Å²) in [5.74, 6) is 0.0616. The number of hydrazine groups is 1. The summed E-state index contributed by atoms with van der Waals surface area (Å²) < 4.78 is 6.58. The van der Waals surface area contributed by atoms with Crippen molar-refractivity contribution >= 4 is 22.7 Å². The number of carbonyl (C=O) groups is 2. The molecule has 2 heterocycles. The summed E-state index contributed by atoms with van der Waals surface area (Å²) in [5.41, 5.74) is 4.30. The second-order valence-electron chi connectivity index (χ2n) is 6.01. The molecule has 2 aromatic heterocycles. The number of rotatable bonds is 4. The molecule has 3 N–H and O–H groups in total. The van der Waals surface area contributed by atoms with E-state index in [1.165, 1.54) is 4.57 Å². The molecule has 0 atom stereocenters. The molecule has 0 spiro atoms. The summed E-state index contributed by atoms with van der Waals surface area (Å²) in [6.07, 6.45) is -0.0698. The number of hydrogen-bond acceptors (Lipinski definition) is 5. The van der Waals surface area contributed by atoms with Gasteiger partial charge in [-0.1, -0.05) is 12.1 Å². The van der Waals surface area contributed by atoms with Gasteiger partial charge in [-0.15, -0.1) is 0 Å². The number of hydrogen-bond donors (Lipinski definition) is 3. The third kappa shape index (κ3) is 3.81. The molecule has 0 fully saturated rings. The monoisotopic (exact) mass is 370 g/mol. The summed E-state index contributed by atoms with van der Waals surface area (Å²) >= 11 is 0. The fourth-order valence-corrected chi connectivity index (χ4v) is 2.79. The highest BCUT2D eigenvalue weighted by Crippen LogP contribution is 2.13. The predicted octanol–water partition coefficient (Wildman–Crippen LogP) is 0.751. The van der Waals surface area contributed by atoms with Crippen molar-refractivity contribution in [3.8, 4) is 0 Å². The number of fused-ring (bicyclic) bond motifs is 1. The molecular weight excluding hydrogens is 352 g/mol. The molecule has 27 heavy (non-hydrogen) atoms. The van der Waals surface area contributed by atoms with Crippen molar-refractivity contribution < 1.29 is 14.0 Å². The molecular formula is C18H18N4O5. The van der Waals surface area contributed by atoms with Crippen LogP contribution in [0.5, 0.6) is 0 Å². The van der Waals surface area contributed by atoms with Crippen molar-refractivity contribution in [1.82, 2.24) is 20.4 Å². The molecule has 0 saturated heterocycles. The highest BCUT2D eigenvalue weighted by atomic mass is 16.3. The second-order valence-corrected chi connectivity index (χ2v) is 6.01. The van der Waals surface area contributed by atoms with E-state index in [1.54, 1.807) is 44.2 Å². The quantitative estimate of drug-likeness (QED) is 0.584. The van der Waals surface area contributed by atoms with E-state index in [1.807, 2.05) is 0 Å². The third-order valence-electron chi connectivity index (χ3n) is 4.07. The number of aromatic amines is 1. The van der Waals surface area contributed by atoms with Crippen LogP contribution in [0.15, 0.2) is 44.3 Å². The van der Waals surface area contributed by atoms with Gasteiger partial charge in [-0.3, -0.25) is 34.8 Å². The maximum absolute atomic E-state index is 12.1. The van der Waals surface area contributed by atoms with Crippen LogP contribution in [0.1, 0.15) is 28.3 Å². The Balaban J connectivity index is 1.66. The van der Waals surface area contributed by atoms with Crippen molar-refractivity contribution in [3.63, 3.8) is 0 Å². The van der Waals surface area contributed by atoms with Gasteiger partial charge in [0, 0.05) is 13.0 Å². The van der Waals surface area contributed by atoms with E-state index in [4.69, 9.17) is 4.42 Å². The van der Waals surface area contributed by atoms with Gasteiger partial charge in [0.1, 0.15) is 11.5 Å². The lowest BCUT2D eigenvalue weighted by atomic mass is 10.2. The van der Waals surface area contributed by atoms with Crippen LogP contribution >= 0.6 is 0 Å². The number of furan rings is 1. The molecule has 0 unspecified atom stereocenters. The number of H-pyrrole nitrogens is 1. The summed E-state index contributed by atoms with van der Waals surface area (Å²) in [6.45, 7) is 3.41. The lowest BCUT2D eigenvalue weighted by molar-refractivity contribution is -0.122. The third-order valence-corrected chi connectivity index (χ3v) is 4.07. The number of nitrogens with zero attached hydrogens (tertiary/aromatic N) is 1. The van der Waals surface area contributed by atoms with Crippen LogP contribution in [0.25, 0.3) is 10.9 Å². The number of aryl methyl sites for hydroxylation is 3. The average Bonchev–Trinajstić information content (AvgIpc) is 2.97. The molecule has 2 amide bonds. The van der Waals surface area contributed by atoms with E-state index in [9.17, 15) is 19.2 Å². The lowest BCUT2D eigenvalue weighted by Crippen LogP contribution is -2.42. The first-order valence-electron chi connectivity index (χ1n) is 8.25. The molecule has 0 radical (unpaired) electrons. The first-order chi connectivity index (χ1) is 12.9. The van der Waals surface area contributed by atoms with Gasteiger partial charge in [-0.25, -0.2) is 4.79 Å². The highest BCUT2D eigenvalue weighted by Gasteiger charge is 2.14. The molecule has 0 aliphatic heterocycles. The summed E-state index contributed by atoms with van der Waals surface area (Å²) in [4.78, 5) is 50.2. The molecule has 3 aromatic rings. The van der Waals surface area contributed by atoms with Crippen LogP contribution in [0, 0.1) is 13.8 Å². The molecule has 9 nitrogen and oxygen atoms in total. The maximum atomic E-state index is 12.1. The van der Waals surface area contributed by atoms with Gasteiger partial charge in [-0.05, 0) is 32.0 Å². The Kier molecular flexibility index (Phi) is 4.93. The molecule has 0 saturated carbocycles. The van der Waals surface area contributed by atoms with Gasteiger partial charge >= 0.3 is 5.69 Å². The molecule has 3 rings (SSSR count). The Bertz CT molecular complexity index is 1140. The fourth-order valence-electron chi connectivity index (χ4n) is 2.79. The number of carbonyl (C=O) groups excluding carboxylic acids is 2. The van der Waals surface area contributed by atoms with Crippen LogP contribution in [0.3, 0.4) is 0 Å². The van der Waals surface area contributed by atoms with Crippen molar-refractivity contribution in [2.24, 2.45) is 0 Å². The van der Waals surface area contributed by atoms with Crippen molar-refractivity contribution in [1.29, 1.82) is 0 Å². The molecule has 0 bridgehead atoms. The van der Waals surface area contributed by atoms with Gasteiger partial charge in [0.25, 0.3) is 11.5 Å². The Morgan fingerprint density at radius 2 is 1.89 bits per heavy atom. The number of para-hydroxylation sites is 1. The number of amides is 2. The standard InChI is InChI=1S/C18H18N4O5/c1-10-9-13(11(2)27-10)17(25)21-20-15(23)7-8-22-14-6-4-3-5-12(14)16(24)19-18(22)26/h3-6,9H,7-8H2,1-2H3,(H,20,23)(H,21,25)(H,19,24,26). The SMILES string of the molecule is Cc1cc(C(=O)NNC(=O)CCn2c(=O)[nH]c(=O)c3ccccc32)c(C)o1. The van der Waals surface area contributed by atoms with Crippen LogP contribution in [-0.4, -0.2) is 21.4 Å². The first-order valence-corrected chi connectivity index (χ1v) is 8.25. The van der Waals surface area contributed by atoms with Crippen LogP contribution in [-0.2, 0) is 11.3 Å². The second kappa shape index (κ2) is 7.32.